The minimum Gasteiger partial charge on any atom is -0.496 e. The molecule has 1 saturated heterocycles. The minimum atomic E-state index is 0. The molecule has 0 amide bonds. The Morgan fingerprint density at radius 2 is 1.62 bits per heavy atom. The van der Waals surface area contributed by atoms with Crippen LogP contribution in [0.2, 0.25) is 0 Å². The van der Waals surface area contributed by atoms with Crippen LogP contribution in [0.25, 0.3) is 0 Å². The van der Waals surface area contributed by atoms with Crippen molar-refractivity contribution in [3.8, 4) is 11.5 Å². The van der Waals surface area contributed by atoms with Crippen LogP contribution in [0.4, 0.5) is 0 Å². The highest BCUT2D eigenvalue weighted by Crippen LogP contribution is 2.45. The third kappa shape index (κ3) is 4.92. The van der Waals surface area contributed by atoms with Gasteiger partial charge in [0, 0.05) is 32.2 Å². The molecule has 0 unspecified atom stereocenters. The molecule has 1 aliphatic heterocycles. The second-order valence-corrected chi connectivity index (χ2v) is 6.56. The average Bonchev–Trinajstić information content (AvgIpc) is 3.37. The molecule has 4 nitrogen and oxygen atoms in total. The summed E-state index contributed by atoms with van der Waals surface area (Å²) in [6.45, 7) is 6.42. The van der Waals surface area contributed by atoms with E-state index in [-0.39, 0.29) is 24.8 Å². The van der Waals surface area contributed by atoms with Crippen LogP contribution in [0.3, 0.4) is 0 Å². The van der Waals surface area contributed by atoms with E-state index in [1.165, 1.54) is 30.4 Å². The summed E-state index contributed by atoms with van der Waals surface area (Å²) in [4.78, 5) is 2.60. The summed E-state index contributed by atoms with van der Waals surface area (Å²) in [7, 11) is 3.54. The van der Waals surface area contributed by atoms with E-state index < -0.39 is 0 Å². The smallest absolute Gasteiger partial charge is 0.127 e. The molecule has 0 spiro atoms. The summed E-state index contributed by atoms with van der Waals surface area (Å²) in [6, 6.07) is 4.68. The summed E-state index contributed by atoms with van der Waals surface area (Å²) in [5, 5.41) is 3.45. The van der Waals surface area contributed by atoms with Crippen molar-refractivity contribution >= 4 is 24.8 Å². The Balaban J connectivity index is 0.00000144. The molecule has 0 aromatic heterocycles. The number of ether oxygens (including phenoxy) is 2. The molecule has 1 aromatic carbocycles. The summed E-state index contributed by atoms with van der Waals surface area (Å²) >= 11 is 0. The average molecular weight is 377 g/mol. The van der Waals surface area contributed by atoms with Gasteiger partial charge in [0.2, 0.25) is 0 Å². The molecule has 0 bridgehead atoms. The van der Waals surface area contributed by atoms with Crippen LogP contribution in [0, 0.1) is 12.8 Å². The highest BCUT2D eigenvalue weighted by atomic mass is 35.5. The number of halogens is 2. The minimum absolute atomic E-state index is 0. The molecular weight excluding hydrogens is 347 g/mol. The molecule has 3 rings (SSSR count). The van der Waals surface area contributed by atoms with E-state index >= 15 is 0 Å². The SMILES string of the molecule is COc1cc(C)cc(OC)c1[C@@H](CC1CC1)N1CCNCC1.Cl.Cl. The zero-order valence-electron chi connectivity index (χ0n) is 14.8. The van der Waals surface area contributed by atoms with E-state index in [2.05, 4.69) is 29.3 Å². The summed E-state index contributed by atoms with van der Waals surface area (Å²) in [5.74, 6) is 2.82. The maximum atomic E-state index is 5.72. The van der Waals surface area contributed by atoms with E-state index in [9.17, 15) is 0 Å². The lowest BCUT2D eigenvalue weighted by atomic mass is 9.95. The van der Waals surface area contributed by atoms with Gasteiger partial charge in [-0.15, -0.1) is 24.8 Å². The number of hydrogen-bond donors (Lipinski definition) is 1. The zero-order chi connectivity index (χ0) is 15.5. The van der Waals surface area contributed by atoms with Gasteiger partial charge in [0.1, 0.15) is 11.5 Å². The van der Waals surface area contributed by atoms with Gasteiger partial charge in [-0.25, -0.2) is 0 Å². The van der Waals surface area contributed by atoms with Crippen molar-refractivity contribution in [2.75, 3.05) is 40.4 Å². The fraction of sp³-hybridized carbons (Fsp3) is 0.667. The second kappa shape index (κ2) is 9.71. The fourth-order valence-electron chi connectivity index (χ4n) is 3.51. The van der Waals surface area contributed by atoms with Crippen LogP contribution >= 0.6 is 24.8 Å². The van der Waals surface area contributed by atoms with Gasteiger partial charge in [-0.3, -0.25) is 4.90 Å². The molecule has 1 atom stereocenters. The lowest BCUT2D eigenvalue weighted by Gasteiger charge is -2.36. The Morgan fingerprint density at radius 1 is 1.08 bits per heavy atom. The maximum absolute atomic E-state index is 5.72. The van der Waals surface area contributed by atoms with Crippen molar-refractivity contribution in [2.45, 2.75) is 32.2 Å². The number of nitrogens with one attached hydrogen (secondary N) is 1. The van der Waals surface area contributed by atoms with Crippen molar-refractivity contribution in [2.24, 2.45) is 5.92 Å². The highest BCUT2D eigenvalue weighted by molar-refractivity contribution is 5.85. The number of methoxy groups -OCH3 is 2. The topological polar surface area (TPSA) is 33.7 Å². The van der Waals surface area contributed by atoms with Crippen LogP contribution in [0.1, 0.15) is 36.4 Å². The number of aryl methyl sites for hydroxylation is 1. The molecule has 138 valence electrons. The van der Waals surface area contributed by atoms with Crippen LogP contribution in [-0.2, 0) is 0 Å². The largest absolute Gasteiger partial charge is 0.496 e. The van der Waals surface area contributed by atoms with Crippen molar-refractivity contribution in [3.05, 3.63) is 23.3 Å². The van der Waals surface area contributed by atoms with Gasteiger partial charge in [0.15, 0.2) is 0 Å². The lowest BCUT2D eigenvalue weighted by molar-refractivity contribution is 0.155. The van der Waals surface area contributed by atoms with Crippen molar-refractivity contribution in [3.63, 3.8) is 0 Å². The zero-order valence-corrected chi connectivity index (χ0v) is 16.5. The second-order valence-electron chi connectivity index (χ2n) is 6.56. The third-order valence-electron chi connectivity index (χ3n) is 4.87. The van der Waals surface area contributed by atoms with E-state index in [4.69, 9.17) is 9.47 Å². The summed E-state index contributed by atoms with van der Waals surface area (Å²) in [6.07, 6.45) is 3.97. The Morgan fingerprint density at radius 3 is 2.08 bits per heavy atom. The number of benzene rings is 1. The molecule has 2 aliphatic rings. The van der Waals surface area contributed by atoms with Crippen LogP contribution in [-0.4, -0.2) is 45.3 Å². The first kappa shape index (κ1) is 21.4. The molecule has 24 heavy (non-hydrogen) atoms. The molecule has 2 fully saturated rings. The van der Waals surface area contributed by atoms with Gasteiger partial charge in [-0.2, -0.15) is 0 Å². The Bertz CT molecular complexity index is 493. The maximum Gasteiger partial charge on any atom is 0.127 e. The Labute approximate surface area is 158 Å². The lowest BCUT2D eigenvalue weighted by Crippen LogP contribution is -2.45. The number of piperazine rings is 1. The Kier molecular flexibility index (Phi) is 8.65. The number of rotatable bonds is 6. The van der Waals surface area contributed by atoms with E-state index in [1.54, 1.807) is 14.2 Å². The number of nitrogens with zero attached hydrogens (tertiary/aromatic N) is 1. The van der Waals surface area contributed by atoms with Crippen molar-refractivity contribution in [1.29, 1.82) is 0 Å². The van der Waals surface area contributed by atoms with Crippen LogP contribution in [0.5, 0.6) is 11.5 Å². The molecule has 1 heterocycles. The standard InChI is InChI=1S/C18H28N2O2.2ClH/c1-13-10-16(21-2)18(17(11-13)22-3)15(12-14-4-5-14)20-8-6-19-7-9-20;;/h10-11,14-15,19H,4-9,12H2,1-3H3;2*1H/t15-;;/m1../s1. The van der Waals surface area contributed by atoms with Gasteiger partial charge < -0.3 is 14.8 Å². The normalized spacial score (nSPS) is 19.0. The predicted octanol–water partition coefficient (Wildman–Crippen LogP) is 3.60. The Hall–Kier alpha value is -0.680. The quantitative estimate of drug-likeness (QED) is 0.821. The van der Waals surface area contributed by atoms with Crippen molar-refractivity contribution in [1.82, 2.24) is 10.2 Å². The van der Waals surface area contributed by atoms with Crippen LogP contribution < -0.4 is 14.8 Å². The predicted molar refractivity (Wildman–Crippen MR) is 103 cm³/mol. The summed E-state index contributed by atoms with van der Waals surface area (Å²) in [5.41, 5.74) is 2.42. The van der Waals surface area contributed by atoms with Gasteiger partial charge in [-0.05, 0) is 37.0 Å². The molecule has 0 radical (unpaired) electrons. The first-order valence-corrected chi connectivity index (χ1v) is 8.40. The van der Waals surface area contributed by atoms with Gasteiger partial charge in [0.05, 0.1) is 19.8 Å². The van der Waals surface area contributed by atoms with Gasteiger partial charge in [0.25, 0.3) is 0 Å². The van der Waals surface area contributed by atoms with Crippen LogP contribution in [0.15, 0.2) is 12.1 Å². The van der Waals surface area contributed by atoms with Crippen molar-refractivity contribution < 1.29 is 9.47 Å². The van der Waals surface area contributed by atoms with E-state index in [0.29, 0.717) is 6.04 Å². The molecule has 1 aliphatic carbocycles. The molecule has 1 aromatic rings. The highest BCUT2D eigenvalue weighted by Gasteiger charge is 2.33. The monoisotopic (exact) mass is 376 g/mol. The molecule has 1 saturated carbocycles. The van der Waals surface area contributed by atoms with E-state index in [1.807, 2.05) is 0 Å². The van der Waals surface area contributed by atoms with E-state index in [0.717, 1.165) is 43.6 Å². The third-order valence-corrected chi connectivity index (χ3v) is 4.87. The molecule has 6 heteroatoms. The van der Waals surface area contributed by atoms with Gasteiger partial charge in [-0.1, -0.05) is 12.8 Å². The van der Waals surface area contributed by atoms with Gasteiger partial charge >= 0.3 is 0 Å². The molecular formula is C18H30Cl2N2O2. The first-order chi connectivity index (χ1) is 10.7. The number of hydrogen-bond acceptors (Lipinski definition) is 4. The fourth-order valence-corrected chi connectivity index (χ4v) is 3.51. The molecule has 1 N–H and O–H groups in total. The first-order valence-electron chi connectivity index (χ1n) is 8.40. The summed E-state index contributed by atoms with van der Waals surface area (Å²) < 4.78 is 11.4.